The lowest BCUT2D eigenvalue weighted by atomic mass is 10.3. The monoisotopic (exact) mass is 219 g/mol. The Bertz CT molecular complexity index is 420. The first-order valence-electron chi connectivity index (χ1n) is 5.37. The molecule has 0 fully saturated rings. The molecule has 0 aliphatic heterocycles. The standard InChI is InChI=1S/C10H11N3O.C2H6/c1-8-4-12-13(6-8)10-3-2-9(7-14)5-11-10;1-2/h2-6,14H,7H2,1H3;1-2H3. The van der Waals surface area contributed by atoms with E-state index in [9.17, 15) is 0 Å². The van der Waals surface area contributed by atoms with Crippen LogP contribution in [0.25, 0.3) is 5.82 Å². The van der Waals surface area contributed by atoms with E-state index in [1.807, 2.05) is 39.1 Å². The van der Waals surface area contributed by atoms with Gasteiger partial charge in [-0.1, -0.05) is 19.9 Å². The topological polar surface area (TPSA) is 50.9 Å². The molecule has 0 aliphatic rings. The molecule has 4 heteroatoms. The van der Waals surface area contributed by atoms with E-state index in [0.29, 0.717) is 0 Å². The maximum atomic E-state index is 8.84. The zero-order chi connectivity index (χ0) is 12.0. The van der Waals surface area contributed by atoms with E-state index in [1.54, 1.807) is 17.1 Å². The van der Waals surface area contributed by atoms with Gasteiger partial charge in [-0.05, 0) is 24.1 Å². The first kappa shape index (κ1) is 12.4. The van der Waals surface area contributed by atoms with Gasteiger partial charge in [-0.2, -0.15) is 5.10 Å². The Morgan fingerprint density at radius 3 is 2.44 bits per heavy atom. The normalized spacial score (nSPS) is 9.50. The summed E-state index contributed by atoms with van der Waals surface area (Å²) in [4.78, 5) is 4.17. The molecule has 1 N–H and O–H groups in total. The minimum absolute atomic E-state index is 0.0193. The Labute approximate surface area is 95.6 Å². The number of aliphatic hydroxyl groups is 1. The third kappa shape index (κ3) is 2.90. The summed E-state index contributed by atoms with van der Waals surface area (Å²) in [6.07, 6.45) is 5.33. The van der Waals surface area contributed by atoms with Crippen LogP contribution in [0.3, 0.4) is 0 Å². The van der Waals surface area contributed by atoms with Crippen molar-refractivity contribution in [3.63, 3.8) is 0 Å². The van der Waals surface area contributed by atoms with Crippen molar-refractivity contribution in [1.82, 2.24) is 14.8 Å². The summed E-state index contributed by atoms with van der Waals surface area (Å²) in [7, 11) is 0. The maximum Gasteiger partial charge on any atom is 0.153 e. The van der Waals surface area contributed by atoms with Gasteiger partial charge in [-0.3, -0.25) is 0 Å². The lowest BCUT2D eigenvalue weighted by Gasteiger charge is -2.00. The minimum Gasteiger partial charge on any atom is -0.392 e. The highest BCUT2D eigenvalue weighted by Gasteiger charge is 1.98. The van der Waals surface area contributed by atoms with Crippen molar-refractivity contribution in [2.45, 2.75) is 27.4 Å². The lowest BCUT2D eigenvalue weighted by Crippen LogP contribution is -1.98. The highest BCUT2D eigenvalue weighted by atomic mass is 16.3. The molecule has 2 aromatic heterocycles. The lowest BCUT2D eigenvalue weighted by molar-refractivity contribution is 0.281. The van der Waals surface area contributed by atoms with Gasteiger partial charge in [-0.15, -0.1) is 0 Å². The number of rotatable bonds is 2. The molecule has 0 saturated heterocycles. The first-order chi connectivity index (χ1) is 7.79. The number of aliphatic hydroxyl groups excluding tert-OH is 1. The molecular weight excluding hydrogens is 202 g/mol. The molecule has 0 aliphatic carbocycles. The van der Waals surface area contributed by atoms with E-state index < -0.39 is 0 Å². The van der Waals surface area contributed by atoms with Crippen molar-refractivity contribution < 1.29 is 5.11 Å². The molecule has 2 rings (SSSR count). The summed E-state index contributed by atoms with van der Waals surface area (Å²) >= 11 is 0. The fourth-order valence-corrected chi connectivity index (χ4v) is 1.18. The van der Waals surface area contributed by atoms with Crippen molar-refractivity contribution in [3.05, 3.63) is 41.9 Å². The largest absolute Gasteiger partial charge is 0.392 e. The van der Waals surface area contributed by atoms with Gasteiger partial charge in [0.1, 0.15) is 0 Å². The van der Waals surface area contributed by atoms with Gasteiger partial charge in [0.25, 0.3) is 0 Å². The predicted octanol–water partition coefficient (Wildman–Crippen LogP) is 2.09. The highest BCUT2D eigenvalue weighted by Crippen LogP contribution is 2.05. The van der Waals surface area contributed by atoms with Crippen molar-refractivity contribution in [1.29, 1.82) is 0 Å². The number of aromatic nitrogens is 3. The molecule has 0 unspecified atom stereocenters. The van der Waals surface area contributed by atoms with E-state index in [2.05, 4.69) is 10.1 Å². The van der Waals surface area contributed by atoms with Gasteiger partial charge in [0.15, 0.2) is 5.82 Å². The second-order valence-electron chi connectivity index (χ2n) is 3.15. The number of hydrogen-bond acceptors (Lipinski definition) is 3. The molecular formula is C12H17N3O. The average Bonchev–Trinajstić information content (AvgIpc) is 2.79. The SMILES string of the molecule is CC.Cc1cnn(-c2ccc(CO)cn2)c1. The number of aryl methyl sites for hydroxylation is 1. The van der Waals surface area contributed by atoms with Gasteiger partial charge in [0.05, 0.1) is 12.8 Å². The summed E-state index contributed by atoms with van der Waals surface area (Å²) in [5, 5.41) is 13.0. The number of pyridine rings is 1. The van der Waals surface area contributed by atoms with Crippen LogP contribution in [-0.4, -0.2) is 19.9 Å². The van der Waals surface area contributed by atoms with Crippen LogP contribution in [0.2, 0.25) is 0 Å². The van der Waals surface area contributed by atoms with Crippen molar-refractivity contribution >= 4 is 0 Å². The van der Waals surface area contributed by atoms with Crippen LogP contribution in [0, 0.1) is 6.92 Å². The molecule has 86 valence electrons. The van der Waals surface area contributed by atoms with Crippen LogP contribution >= 0.6 is 0 Å². The molecule has 0 radical (unpaired) electrons. The van der Waals surface area contributed by atoms with E-state index in [0.717, 1.165) is 16.9 Å². The van der Waals surface area contributed by atoms with Crippen LogP contribution in [-0.2, 0) is 6.61 Å². The Morgan fingerprint density at radius 1 is 1.25 bits per heavy atom. The zero-order valence-corrected chi connectivity index (χ0v) is 9.88. The smallest absolute Gasteiger partial charge is 0.153 e. The fraction of sp³-hybridized carbons (Fsp3) is 0.333. The van der Waals surface area contributed by atoms with Crippen LogP contribution in [0.5, 0.6) is 0 Å². The maximum absolute atomic E-state index is 8.84. The number of hydrogen-bond donors (Lipinski definition) is 1. The van der Waals surface area contributed by atoms with E-state index in [1.165, 1.54) is 0 Å². The number of nitrogens with zero attached hydrogens (tertiary/aromatic N) is 3. The van der Waals surface area contributed by atoms with Gasteiger partial charge in [0.2, 0.25) is 0 Å². The molecule has 2 aromatic rings. The Balaban J connectivity index is 0.000000606. The third-order valence-electron chi connectivity index (χ3n) is 1.94. The van der Waals surface area contributed by atoms with E-state index >= 15 is 0 Å². The van der Waals surface area contributed by atoms with Crippen LogP contribution < -0.4 is 0 Å². The zero-order valence-electron chi connectivity index (χ0n) is 9.88. The van der Waals surface area contributed by atoms with Crippen LogP contribution in [0.1, 0.15) is 25.0 Å². The third-order valence-corrected chi connectivity index (χ3v) is 1.94. The first-order valence-corrected chi connectivity index (χ1v) is 5.37. The van der Waals surface area contributed by atoms with Gasteiger partial charge < -0.3 is 5.11 Å². The van der Waals surface area contributed by atoms with Crippen molar-refractivity contribution in [2.75, 3.05) is 0 Å². The van der Waals surface area contributed by atoms with Gasteiger partial charge >= 0.3 is 0 Å². The molecule has 0 atom stereocenters. The summed E-state index contributed by atoms with van der Waals surface area (Å²) in [6, 6.07) is 3.66. The van der Waals surface area contributed by atoms with Crippen molar-refractivity contribution in [3.8, 4) is 5.82 Å². The fourth-order valence-electron chi connectivity index (χ4n) is 1.18. The molecule has 2 heterocycles. The molecule has 0 bridgehead atoms. The van der Waals surface area contributed by atoms with E-state index in [4.69, 9.17) is 5.11 Å². The second-order valence-corrected chi connectivity index (χ2v) is 3.15. The summed E-state index contributed by atoms with van der Waals surface area (Å²) in [5.41, 5.74) is 1.90. The quantitative estimate of drug-likeness (QED) is 0.841. The molecule has 0 amide bonds. The molecule has 0 saturated carbocycles. The second kappa shape index (κ2) is 6.02. The van der Waals surface area contributed by atoms with Crippen molar-refractivity contribution in [2.24, 2.45) is 0 Å². The summed E-state index contributed by atoms with van der Waals surface area (Å²) in [5.74, 6) is 0.760. The van der Waals surface area contributed by atoms with Gasteiger partial charge in [-0.25, -0.2) is 9.67 Å². The molecule has 0 spiro atoms. The molecule has 4 nitrogen and oxygen atoms in total. The Morgan fingerprint density at radius 2 is 2.00 bits per heavy atom. The Hall–Kier alpha value is -1.68. The molecule has 16 heavy (non-hydrogen) atoms. The van der Waals surface area contributed by atoms with Gasteiger partial charge in [0, 0.05) is 12.4 Å². The van der Waals surface area contributed by atoms with Crippen LogP contribution in [0.15, 0.2) is 30.7 Å². The van der Waals surface area contributed by atoms with Crippen LogP contribution in [0.4, 0.5) is 0 Å². The summed E-state index contributed by atoms with van der Waals surface area (Å²) in [6.45, 7) is 6.00. The molecule has 0 aromatic carbocycles. The predicted molar refractivity (Wildman–Crippen MR) is 63.4 cm³/mol. The highest BCUT2D eigenvalue weighted by molar-refractivity contribution is 5.25. The van der Waals surface area contributed by atoms with E-state index in [-0.39, 0.29) is 6.61 Å². The Kier molecular flexibility index (Phi) is 4.66. The minimum atomic E-state index is 0.0193. The average molecular weight is 219 g/mol. The summed E-state index contributed by atoms with van der Waals surface area (Å²) < 4.78 is 1.70.